The lowest BCUT2D eigenvalue weighted by atomic mass is 9.71. The summed E-state index contributed by atoms with van der Waals surface area (Å²) in [5, 5.41) is 0. The van der Waals surface area contributed by atoms with E-state index in [2.05, 4.69) is 104 Å². The van der Waals surface area contributed by atoms with Gasteiger partial charge in [-0.25, -0.2) is 0 Å². The molecule has 4 heteroatoms. The van der Waals surface area contributed by atoms with Gasteiger partial charge >= 0.3 is 0 Å². The summed E-state index contributed by atoms with van der Waals surface area (Å²) in [7, 11) is 0. The maximum absolute atomic E-state index is 6.42. The highest BCUT2D eigenvalue weighted by atomic mass is 14.6. The van der Waals surface area contributed by atoms with E-state index in [0.717, 1.165) is 67.3 Å². The average Bonchev–Trinajstić information content (AvgIpc) is 2.85. The van der Waals surface area contributed by atoms with Crippen molar-refractivity contribution in [2.45, 2.75) is 67.2 Å². The van der Waals surface area contributed by atoms with E-state index in [9.17, 15) is 0 Å². The molecule has 198 valence electrons. The lowest BCUT2D eigenvalue weighted by Gasteiger charge is -2.32. The molecule has 0 aliphatic carbocycles. The quantitative estimate of drug-likeness (QED) is 0.211. The van der Waals surface area contributed by atoms with Crippen molar-refractivity contribution in [2.24, 2.45) is 0 Å². The maximum Gasteiger partial charge on any atom is 0.0373 e. The van der Waals surface area contributed by atoms with Gasteiger partial charge in [0.15, 0.2) is 0 Å². The summed E-state index contributed by atoms with van der Waals surface area (Å²) >= 11 is 0. The number of anilines is 4. The number of nitrogen functional groups attached to an aromatic ring is 4. The smallest absolute Gasteiger partial charge is 0.0373 e. The number of hydrogen-bond donors (Lipinski definition) is 4. The molecule has 4 rings (SSSR count). The van der Waals surface area contributed by atoms with E-state index in [1.807, 2.05) is 0 Å². The molecule has 4 aromatic carbocycles. The molecule has 8 N–H and O–H groups in total. The van der Waals surface area contributed by atoms with Gasteiger partial charge in [0.1, 0.15) is 0 Å². The molecule has 0 fully saturated rings. The first kappa shape index (κ1) is 27.1. The Kier molecular flexibility index (Phi) is 7.20. The van der Waals surface area contributed by atoms with E-state index in [0.29, 0.717) is 0 Å². The molecule has 0 bridgehead atoms. The molecule has 38 heavy (non-hydrogen) atoms. The molecule has 0 aromatic heterocycles. The molecule has 0 aliphatic rings. The minimum atomic E-state index is 0.0100. The van der Waals surface area contributed by atoms with E-state index in [1.165, 1.54) is 22.3 Å². The fraction of sp³-hybridized carbons (Fsp3) is 0.294. The maximum atomic E-state index is 6.42. The Bertz CT molecular complexity index is 1220. The van der Waals surface area contributed by atoms with Crippen LogP contribution in [0.4, 0.5) is 22.7 Å². The number of aryl methyl sites for hydroxylation is 8. The monoisotopic (exact) mass is 506 g/mol. The second kappa shape index (κ2) is 10.1. The second-order valence-electron chi connectivity index (χ2n) is 11.2. The molecular weight excluding hydrogens is 464 g/mol. The standard InChI is InChI=1S/C34H42N4/c1-17-9-25(10-18(2)31(17)35)29(26-11-19(3)32(36)20(4)12-26)30(27-13-21(5)33(37)22(6)14-27)28-15-23(7)34(38)24(8)16-28/h9-16,29-30H,35-38H2,1-8H3. The van der Waals surface area contributed by atoms with Gasteiger partial charge in [-0.1, -0.05) is 48.5 Å². The first-order valence-corrected chi connectivity index (χ1v) is 13.3. The van der Waals surface area contributed by atoms with Crippen molar-refractivity contribution in [3.05, 3.63) is 115 Å². The lowest BCUT2D eigenvalue weighted by Crippen LogP contribution is -2.17. The summed E-state index contributed by atoms with van der Waals surface area (Å²) in [4.78, 5) is 0. The molecule has 0 spiro atoms. The van der Waals surface area contributed by atoms with Crippen LogP contribution < -0.4 is 22.9 Å². The third kappa shape index (κ3) is 4.83. The number of benzene rings is 4. The van der Waals surface area contributed by atoms with Crippen LogP contribution in [-0.4, -0.2) is 0 Å². The van der Waals surface area contributed by atoms with Crippen LogP contribution in [0.5, 0.6) is 0 Å². The molecule has 0 aliphatic heterocycles. The zero-order valence-corrected chi connectivity index (χ0v) is 24.1. The van der Waals surface area contributed by atoms with Gasteiger partial charge in [-0.2, -0.15) is 0 Å². The van der Waals surface area contributed by atoms with Crippen LogP contribution in [0.25, 0.3) is 0 Å². The number of nitrogens with two attached hydrogens (primary N) is 4. The van der Waals surface area contributed by atoms with Gasteiger partial charge in [-0.15, -0.1) is 0 Å². The SMILES string of the molecule is Cc1cc(C(c2cc(C)c(N)c(C)c2)C(c2cc(C)c(N)c(C)c2)c2cc(C)c(N)c(C)c2)cc(C)c1N. The summed E-state index contributed by atoms with van der Waals surface area (Å²) in [6, 6.07) is 18.0. The molecule has 0 saturated carbocycles. The predicted molar refractivity (Wildman–Crippen MR) is 165 cm³/mol. The molecule has 4 aromatic rings. The molecule has 4 nitrogen and oxygen atoms in total. The third-order valence-electron chi connectivity index (χ3n) is 8.23. The highest BCUT2D eigenvalue weighted by Crippen LogP contribution is 2.46. The Morgan fingerprint density at radius 3 is 0.579 bits per heavy atom. The lowest BCUT2D eigenvalue weighted by molar-refractivity contribution is 0.690. The van der Waals surface area contributed by atoms with E-state index in [1.54, 1.807) is 0 Å². The van der Waals surface area contributed by atoms with Crippen LogP contribution in [0.1, 0.15) is 78.6 Å². The molecule has 0 radical (unpaired) electrons. The topological polar surface area (TPSA) is 104 Å². The highest BCUT2D eigenvalue weighted by Gasteiger charge is 2.31. The van der Waals surface area contributed by atoms with Crippen LogP contribution in [0.2, 0.25) is 0 Å². The van der Waals surface area contributed by atoms with Gasteiger partial charge < -0.3 is 22.9 Å². The molecule has 0 atom stereocenters. The van der Waals surface area contributed by atoms with Crippen molar-refractivity contribution < 1.29 is 0 Å². The average molecular weight is 507 g/mol. The Hall–Kier alpha value is -3.92. The largest absolute Gasteiger partial charge is 0.398 e. The second-order valence-corrected chi connectivity index (χ2v) is 11.2. The molecule has 0 unspecified atom stereocenters. The van der Waals surface area contributed by atoms with Crippen LogP contribution in [0.15, 0.2) is 48.5 Å². The van der Waals surface area contributed by atoms with Gasteiger partial charge in [0.25, 0.3) is 0 Å². The Morgan fingerprint density at radius 1 is 0.316 bits per heavy atom. The molecule has 0 amide bonds. The van der Waals surface area contributed by atoms with E-state index in [4.69, 9.17) is 22.9 Å². The molecular formula is C34H42N4. The Balaban J connectivity index is 2.14. The normalized spacial score (nSPS) is 11.5. The van der Waals surface area contributed by atoms with Gasteiger partial charge in [0.2, 0.25) is 0 Å². The first-order chi connectivity index (χ1) is 17.8. The van der Waals surface area contributed by atoms with E-state index < -0.39 is 0 Å². The predicted octanol–water partition coefficient (Wildman–Crippen LogP) is 7.45. The highest BCUT2D eigenvalue weighted by molar-refractivity contribution is 5.63. The number of rotatable bonds is 5. The fourth-order valence-corrected chi connectivity index (χ4v) is 5.91. The van der Waals surface area contributed by atoms with Crippen molar-refractivity contribution in [2.75, 3.05) is 22.9 Å². The van der Waals surface area contributed by atoms with Crippen molar-refractivity contribution in [3.8, 4) is 0 Å². The minimum Gasteiger partial charge on any atom is -0.398 e. The third-order valence-corrected chi connectivity index (χ3v) is 8.23. The van der Waals surface area contributed by atoms with Crippen LogP contribution in [-0.2, 0) is 0 Å². The molecule has 0 saturated heterocycles. The van der Waals surface area contributed by atoms with Gasteiger partial charge in [0, 0.05) is 34.6 Å². The molecule has 0 heterocycles. The summed E-state index contributed by atoms with van der Waals surface area (Å²) in [6.07, 6.45) is 0. The summed E-state index contributed by atoms with van der Waals surface area (Å²) in [6.45, 7) is 16.7. The van der Waals surface area contributed by atoms with Crippen molar-refractivity contribution >= 4 is 22.7 Å². The summed E-state index contributed by atoms with van der Waals surface area (Å²) < 4.78 is 0. The summed E-state index contributed by atoms with van der Waals surface area (Å²) in [5.74, 6) is 0.0201. The first-order valence-electron chi connectivity index (χ1n) is 13.3. The zero-order valence-electron chi connectivity index (χ0n) is 24.1. The minimum absolute atomic E-state index is 0.0100. The van der Waals surface area contributed by atoms with Crippen LogP contribution in [0, 0.1) is 55.4 Å². The van der Waals surface area contributed by atoms with Crippen LogP contribution >= 0.6 is 0 Å². The van der Waals surface area contributed by atoms with Crippen LogP contribution in [0.3, 0.4) is 0 Å². The Labute approximate surface area is 228 Å². The van der Waals surface area contributed by atoms with Gasteiger partial charge in [-0.05, 0) is 122 Å². The van der Waals surface area contributed by atoms with E-state index in [-0.39, 0.29) is 11.8 Å². The Morgan fingerprint density at radius 2 is 0.447 bits per heavy atom. The summed E-state index contributed by atoms with van der Waals surface area (Å²) in [5.41, 5.74) is 42.6. The van der Waals surface area contributed by atoms with Crippen molar-refractivity contribution in [3.63, 3.8) is 0 Å². The zero-order chi connectivity index (χ0) is 28.0. The van der Waals surface area contributed by atoms with Crippen molar-refractivity contribution in [1.29, 1.82) is 0 Å². The van der Waals surface area contributed by atoms with Gasteiger partial charge in [0.05, 0.1) is 0 Å². The van der Waals surface area contributed by atoms with E-state index >= 15 is 0 Å². The fourth-order valence-electron chi connectivity index (χ4n) is 5.91. The van der Waals surface area contributed by atoms with Crippen molar-refractivity contribution in [1.82, 2.24) is 0 Å². The van der Waals surface area contributed by atoms with Gasteiger partial charge in [-0.3, -0.25) is 0 Å². The number of hydrogen-bond acceptors (Lipinski definition) is 4.